The van der Waals surface area contributed by atoms with E-state index in [9.17, 15) is 18.8 Å². The predicted molar refractivity (Wildman–Crippen MR) is 132 cm³/mol. The molecule has 0 radical (unpaired) electrons. The number of carbonyl (C=O) groups excluding carboxylic acids is 3. The van der Waals surface area contributed by atoms with Crippen LogP contribution in [0.5, 0.6) is 5.75 Å². The van der Waals surface area contributed by atoms with Gasteiger partial charge in [-0.1, -0.05) is 18.6 Å². The molecule has 6 rings (SSSR count). The maximum absolute atomic E-state index is 12.6. The Kier molecular flexibility index (Phi) is 7.32. The van der Waals surface area contributed by atoms with E-state index in [1.165, 1.54) is 37.0 Å². The van der Waals surface area contributed by atoms with Crippen LogP contribution in [0.15, 0.2) is 42.5 Å². The van der Waals surface area contributed by atoms with Crippen molar-refractivity contribution in [3.05, 3.63) is 65.0 Å². The van der Waals surface area contributed by atoms with Crippen molar-refractivity contribution in [2.24, 2.45) is 0 Å². The molecule has 3 amide bonds. The zero-order valence-electron chi connectivity index (χ0n) is 20.3. The molecule has 2 aromatic carbocycles. The Hall–Kier alpha value is -3.26. The van der Waals surface area contributed by atoms with Crippen LogP contribution in [0.3, 0.4) is 0 Å². The minimum atomic E-state index is -0.569. The third kappa shape index (κ3) is 5.43. The molecule has 0 aromatic heterocycles. The van der Waals surface area contributed by atoms with Crippen LogP contribution < -0.4 is 15.4 Å². The van der Waals surface area contributed by atoms with Crippen molar-refractivity contribution in [2.75, 3.05) is 13.1 Å². The van der Waals surface area contributed by atoms with Crippen molar-refractivity contribution in [1.82, 2.24) is 15.5 Å². The monoisotopic (exact) mass is 493 g/mol. The highest BCUT2D eigenvalue weighted by molar-refractivity contribution is 6.05. The number of nitrogens with zero attached hydrogens (tertiary/aromatic N) is 1. The summed E-state index contributed by atoms with van der Waals surface area (Å²) in [4.78, 5) is 37.6. The number of piperidine rings is 1. The van der Waals surface area contributed by atoms with E-state index in [2.05, 4.69) is 10.6 Å². The summed E-state index contributed by atoms with van der Waals surface area (Å²) >= 11 is 0. The van der Waals surface area contributed by atoms with E-state index in [1.54, 1.807) is 11.0 Å². The topological polar surface area (TPSA) is 87.7 Å². The summed E-state index contributed by atoms with van der Waals surface area (Å²) in [6.07, 6.45) is 6.77. The van der Waals surface area contributed by atoms with E-state index in [4.69, 9.17) is 4.74 Å². The van der Waals surface area contributed by atoms with E-state index in [0.29, 0.717) is 24.4 Å². The van der Waals surface area contributed by atoms with Crippen LogP contribution in [0.4, 0.5) is 4.39 Å². The first kappa shape index (κ1) is 24.4. The molecule has 1 atom stereocenters. The lowest BCUT2D eigenvalue weighted by atomic mass is 9.94. The van der Waals surface area contributed by atoms with E-state index in [0.717, 1.165) is 37.2 Å². The molecule has 8 heteroatoms. The standard InChI is InChI=1S/C19H22N2O4.C9H10FN/c22-17-9-8-16(18(23)20-17)21-11-12-10-14(6-7-15(12)19(21)24)25-13-4-2-1-3-5-13;10-9-3-1-7(2-4-9)8-5-11-6-8/h6-7,10,13,16H,1-5,8-9,11H2,(H,20,22,23);1-4,8,11H,5-6H2. The quantitative estimate of drug-likeness (QED) is 0.635. The van der Waals surface area contributed by atoms with Gasteiger partial charge in [0.1, 0.15) is 17.6 Å². The Morgan fingerprint density at radius 3 is 2.33 bits per heavy atom. The number of ether oxygens (including phenoxy) is 1. The smallest absolute Gasteiger partial charge is 0.255 e. The van der Waals surface area contributed by atoms with Crippen molar-refractivity contribution in [3.63, 3.8) is 0 Å². The predicted octanol–water partition coefficient (Wildman–Crippen LogP) is 3.67. The van der Waals surface area contributed by atoms with Gasteiger partial charge in [0.2, 0.25) is 11.8 Å². The van der Waals surface area contributed by atoms with Crippen LogP contribution in [0.25, 0.3) is 0 Å². The summed E-state index contributed by atoms with van der Waals surface area (Å²) in [5.41, 5.74) is 2.76. The number of amides is 3. The van der Waals surface area contributed by atoms with Gasteiger partial charge in [-0.15, -0.1) is 0 Å². The second kappa shape index (κ2) is 10.8. The van der Waals surface area contributed by atoms with Gasteiger partial charge in [-0.3, -0.25) is 19.7 Å². The number of carbonyl (C=O) groups is 3. The number of hydrogen-bond acceptors (Lipinski definition) is 5. The molecule has 0 bridgehead atoms. The van der Waals surface area contributed by atoms with Crippen LogP contribution in [0, 0.1) is 5.82 Å². The number of imide groups is 1. The molecule has 1 aliphatic carbocycles. The number of fused-ring (bicyclic) bond motifs is 1. The zero-order chi connectivity index (χ0) is 25.1. The minimum absolute atomic E-state index is 0.145. The largest absolute Gasteiger partial charge is 0.490 e. The van der Waals surface area contributed by atoms with Gasteiger partial charge in [0, 0.05) is 37.5 Å². The van der Waals surface area contributed by atoms with E-state index < -0.39 is 6.04 Å². The molecule has 4 aliphatic rings. The summed E-state index contributed by atoms with van der Waals surface area (Å²) in [6, 6.07) is 11.8. The van der Waals surface area contributed by atoms with Crippen LogP contribution >= 0.6 is 0 Å². The van der Waals surface area contributed by atoms with Crippen molar-refractivity contribution in [2.45, 2.75) is 69.6 Å². The van der Waals surface area contributed by atoms with E-state index >= 15 is 0 Å². The third-order valence-electron chi connectivity index (χ3n) is 7.47. The summed E-state index contributed by atoms with van der Waals surface area (Å²) in [7, 11) is 0. The van der Waals surface area contributed by atoms with Gasteiger partial charge >= 0.3 is 0 Å². The molecule has 36 heavy (non-hydrogen) atoms. The Labute approximate surface area is 210 Å². The van der Waals surface area contributed by atoms with Crippen LogP contribution in [-0.2, 0) is 16.1 Å². The molecular weight excluding hydrogens is 461 g/mol. The molecule has 2 aromatic rings. The van der Waals surface area contributed by atoms with Crippen LogP contribution in [-0.4, -0.2) is 47.9 Å². The average Bonchev–Trinajstić information content (AvgIpc) is 3.16. The number of nitrogens with one attached hydrogen (secondary N) is 2. The third-order valence-corrected chi connectivity index (χ3v) is 7.47. The SMILES string of the molecule is Fc1ccc(C2CNC2)cc1.O=C1CCC(N2Cc3cc(OC4CCCCC4)ccc3C2=O)C(=O)N1. The van der Waals surface area contributed by atoms with Crippen molar-refractivity contribution < 1.29 is 23.5 Å². The fraction of sp³-hybridized carbons (Fsp3) is 0.464. The van der Waals surface area contributed by atoms with Gasteiger partial charge in [0.05, 0.1) is 6.10 Å². The molecule has 2 N–H and O–H groups in total. The summed E-state index contributed by atoms with van der Waals surface area (Å²) in [6.45, 7) is 2.46. The normalized spacial score (nSPS) is 22.3. The Balaban J connectivity index is 0.000000202. The Morgan fingerprint density at radius 2 is 1.67 bits per heavy atom. The molecular formula is C28H32FN3O4. The van der Waals surface area contributed by atoms with Gasteiger partial charge in [-0.2, -0.15) is 0 Å². The first-order chi connectivity index (χ1) is 17.5. The highest BCUT2D eigenvalue weighted by atomic mass is 19.1. The van der Waals surface area contributed by atoms with Crippen LogP contribution in [0.2, 0.25) is 0 Å². The molecule has 2 saturated heterocycles. The maximum Gasteiger partial charge on any atom is 0.255 e. The zero-order valence-corrected chi connectivity index (χ0v) is 20.3. The highest BCUT2D eigenvalue weighted by Crippen LogP contribution is 2.31. The summed E-state index contributed by atoms with van der Waals surface area (Å²) in [5.74, 6) is 0.457. The van der Waals surface area contributed by atoms with Gasteiger partial charge in [0.25, 0.3) is 5.91 Å². The van der Waals surface area contributed by atoms with E-state index in [-0.39, 0.29) is 36.1 Å². The lowest BCUT2D eigenvalue weighted by Crippen LogP contribution is -2.52. The van der Waals surface area contributed by atoms with Crippen molar-refractivity contribution in [3.8, 4) is 5.75 Å². The lowest BCUT2D eigenvalue weighted by Gasteiger charge is -2.29. The van der Waals surface area contributed by atoms with Gasteiger partial charge in [-0.05, 0) is 73.6 Å². The molecule has 7 nitrogen and oxygen atoms in total. The first-order valence-corrected chi connectivity index (χ1v) is 12.9. The first-order valence-electron chi connectivity index (χ1n) is 12.9. The van der Waals surface area contributed by atoms with Crippen molar-refractivity contribution in [1.29, 1.82) is 0 Å². The number of rotatable bonds is 4. The van der Waals surface area contributed by atoms with Crippen molar-refractivity contribution >= 4 is 17.7 Å². The highest BCUT2D eigenvalue weighted by Gasteiger charge is 2.39. The number of halogens is 1. The second-order valence-corrected chi connectivity index (χ2v) is 10.0. The van der Waals surface area contributed by atoms with Gasteiger partial charge in [-0.25, -0.2) is 4.39 Å². The molecule has 1 unspecified atom stereocenters. The summed E-state index contributed by atoms with van der Waals surface area (Å²) in [5, 5.41) is 5.50. The molecule has 0 spiro atoms. The molecule has 1 saturated carbocycles. The average molecular weight is 494 g/mol. The van der Waals surface area contributed by atoms with E-state index in [1.807, 2.05) is 24.3 Å². The van der Waals surface area contributed by atoms with Crippen LogP contribution in [0.1, 0.15) is 72.3 Å². The molecule has 3 aliphatic heterocycles. The van der Waals surface area contributed by atoms with Gasteiger partial charge < -0.3 is 15.0 Å². The number of hydrogen-bond donors (Lipinski definition) is 2. The molecule has 3 fully saturated rings. The van der Waals surface area contributed by atoms with Gasteiger partial charge in [0.15, 0.2) is 0 Å². The second-order valence-electron chi connectivity index (χ2n) is 10.0. The fourth-order valence-corrected chi connectivity index (χ4v) is 5.26. The lowest BCUT2D eigenvalue weighted by molar-refractivity contribution is -0.136. The molecule has 3 heterocycles. The molecule has 190 valence electrons. The minimum Gasteiger partial charge on any atom is -0.490 e. The maximum atomic E-state index is 12.6. The Morgan fingerprint density at radius 1 is 0.917 bits per heavy atom. The Bertz CT molecular complexity index is 1130. The number of benzene rings is 2. The summed E-state index contributed by atoms with van der Waals surface area (Å²) < 4.78 is 18.5. The fourth-order valence-electron chi connectivity index (χ4n) is 5.26.